The Kier molecular flexibility index (Phi) is 6.35. The number of fused-ring (bicyclic) bond motifs is 1. The molecule has 0 saturated carbocycles. The topological polar surface area (TPSA) is 99.2 Å². The number of thioether (sulfide) groups is 1. The van der Waals surface area contributed by atoms with E-state index in [1.165, 1.54) is 0 Å². The fraction of sp³-hybridized carbons (Fsp3) is 0.238. The Morgan fingerprint density at radius 3 is 2.82 bits per heavy atom. The third kappa shape index (κ3) is 5.14. The lowest BCUT2D eigenvalue weighted by atomic mass is 10.1. The van der Waals surface area contributed by atoms with E-state index in [2.05, 4.69) is 25.6 Å². The van der Waals surface area contributed by atoms with Crippen LogP contribution in [0.4, 0.5) is 19.0 Å². The van der Waals surface area contributed by atoms with E-state index in [1.54, 1.807) is 25.3 Å². The van der Waals surface area contributed by atoms with Crippen molar-refractivity contribution in [2.24, 2.45) is 4.99 Å². The number of aromatic nitrogens is 2. The number of alkyl halides is 3. The number of nitrogens with one attached hydrogen (secondary N) is 3. The Morgan fingerprint density at radius 1 is 1.27 bits per heavy atom. The van der Waals surface area contributed by atoms with Crippen molar-refractivity contribution < 1.29 is 22.8 Å². The van der Waals surface area contributed by atoms with Gasteiger partial charge in [-0.2, -0.15) is 13.2 Å². The number of pyridine rings is 1. The third-order valence-corrected chi connectivity index (χ3v) is 6.59. The van der Waals surface area contributed by atoms with Crippen molar-refractivity contribution >= 4 is 56.9 Å². The highest BCUT2D eigenvalue weighted by Gasteiger charge is 2.35. The van der Waals surface area contributed by atoms with Gasteiger partial charge in [0.25, 0.3) is 5.91 Å². The number of hydrogen-bond acceptors (Lipinski definition) is 5. The summed E-state index contributed by atoms with van der Waals surface area (Å²) >= 11 is 6.70. The van der Waals surface area contributed by atoms with Gasteiger partial charge in [-0.05, 0) is 37.3 Å². The summed E-state index contributed by atoms with van der Waals surface area (Å²) in [4.78, 5) is 36.2. The summed E-state index contributed by atoms with van der Waals surface area (Å²) in [6, 6.07) is 7.38. The van der Waals surface area contributed by atoms with Crippen molar-refractivity contribution in [1.29, 1.82) is 0 Å². The van der Waals surface area contributed by atoms with Gasteiger partial charge >= 0.3 is 6.18 Å². The van der Waals surface area contributed by atoms with Crippen molar-refractivity contribution in [3.05, 3.63) is 58.9 Å². The van der Waals surface area contributed by atoms with Gasteiger partial charge in [0.1, 0.15) is 11.1 Å². The second-order valence-electron chi connectivity index (χ2n) is 7.30. The highest BCUT2D eigenvalue weighted by molar-refractivity contribution is 8.15. The number of aromatic amines is 1. The summed E-state index contributed by atoms with van der Waals surface area (Å²) in [5, 5.41) is 5.46. The molecule has 33 heavy (non-hydrogen) atoms. The van der Waals surface area contributed by atoms with Crippen molar-refractivity contribution in [2.45, 2.75) is 24.4 Å². The fourth-order valence-corrected chi connectivity index (χ4v) is 4.46. The Morgan fingerprint density at radius 2 is 2.06 bits per heavy atom. The van der Waals surface area contributed by atoms with Crippen LogP contribution in [0, 0.1) is 0 Å². The average molecular weight is 496 g/mol. The number of rotatable bonds is 5. The predicted octanol–water partition coefficient (Wildman–Crippen LogP) is 4.51. The summed E-state index contributed by atoms with van der Waals surface area (Å²) in [5.74, 6) is -1.09. The van der Waals surface area contributed by atoms with Gasteiger partial charge in [-0.3, -0.25) is 14.6 Å². The van der Waals surface area contributed by atoms with E-state index in [4.69, 9.17) is 11.6 Å². The maximum Gasteiger partial charge on any atom is 0.418 e. The van der Waals surface area contributed by atoms with Crippen LogP contribution in [-0.2, 0) is 11.0 Å². The minimum atomic E-state index is -4.67. The molecule has 1 aliphatic heterocycles. The zero-order chi connectivity index (χ0) is 23.8. The average Bonchev–Trinajstić information content (AvgIpc) is 3.43. The molecule has 0 aliphatic carbocycles. The van der Waals surface area contributed by atoms with Crippen LogP contribution in [0.5, 0.6) is 0 Å². The molecule has 0 radical (unpaired) electrons. The maximum absolute atomic E-state index is 13.0. The van der Waals surface area contributed by atoms with Crippen molar-refractivity contribution in [3.63, 3.8) is 0 Å². The molecule has 3 N–H and O–H groups in total. The van der Waals surface area contributed by atoms with Crippen LogP contribution in [0.3, 0.4) is 0 Å². The van der Waals surface area contributed by atoms with E-state index in [9.17, 15) is 22.8 Å². The van der Waals surface area contributed by atoms with Crippen LogP contribution < -0.4 is 10.6 Å². The first-order valence-corrected chi connectivity index (χ1v) is 11.0. The first-order valence-electron chi connectivity index (χ1n) is 9.74. The number of halogens is 4. The second-order valence-corrected chi connectivity index (χ2v) is 8.93. The van der Waals surface area contributed by atoms with Gasteiger partial charge < -0.3 is 15.6 Å². The van der Waals surface area contributed by atoms with Gasteiger partial charge in [0.05, 0.1) is 28.2 Å². The number of H-pyrrole nitrogens is 1. The van der Waals surface area contributed by atoms with Gasteiger partial charge in [0.2, 0.25) is 5.91 Å². The summed E-state index contributed by atoms with van der Waals surface area (Å²) in [7, 11) is 0. The number of aliphatic imine (C=N–C) groups is 1. The van der Waals surface area contributed by atoms with Crippen LogP contribution in [0.15, 0.2) is 47.7 Å². The van der Waals surface area contributed by atoms with E-state index < -0.39 is 34.0 Å². The van der Waals surface area contributed by atoms with Gasteiger partial charge in [-0.15, -0.1) is 0 Å². The number of nitrogens with zero attached hydrogens (tertiary/aromatic N) is 2. The minimum absolute atomic E-state index is 0.126. The maximum atomic E-state index is 13.0. The fourth-order valence-electron chi connectivity index (χ4n) is 3.24. The predicted molar refractivity (Wildman–Crippen MR) is 122 cm³/mol. The van der Waals surface area contributed by atoms with E-state index >= 15 is 0 Å². The largest absolute Gasteiger partial charge is 0.418 e. The quantitative estimate of drug-likeness (QED) is 0.485. The molecule has 4 rings (SSSR count). The Bertz CT molecular complexity index is 1260. The lowest BCUT2D eigenvalue weighted by molar-refractivity contribution is -0.137. The van der Waals surface area contributed by atoms with Crippen molar-refractivity contribution in [3.8, 4) is 0 Å². The Labute approximate surface area is 195 Å². The SMILES string of the molecule is C[C@@H](NC(=O)c1ccc2[nH]ccc2c1)C1=NCC(C(=O)Nc2cc(C(F)(F)F)c(Cl)cn2)S1. The van der Waals surface area contributed by atoms with E-state index in [1.807, 2.05) is 12.1 Å². The van der Waals surface area contributed by atoms with E-state index in [0.717, 1.165) is 28.9 Å². The van der Waals surface area contributed by atoms with Gasteiger partial charge in [-0.25, -0.2) is 4.98 Å². The normalized spacial score (nSPS) is 17.0. The molecule has 2 aromatic heterocycles. The number of carbonyl (C=O) groups is 2. The Hall–Kier alpha value is -3.05. The molecule has 0 saturated heterocycles. The molecule has 172 valence electrons. The number of anilines is 1. The minimum Gasteiger partial charge on any atom is -0.361 e. The number of benzene rings is 1. The molecule has 2 amide bonds. The lowest BCUT2D eigenvalue weighted by Gasteiger charge is -2.15. The second kappa shape index (κ2) is 9.06. The molecular formula is C21H17ClF3N5O2S. The zero-order valence-electron chi connectivity index (χ0n) is 17.0. The number of amides is 2. The summed E-state index contributed by atoms with van der Waals surface area (Å²) in [5.41, 5.74) is 0.322. The number of carbonyl (C=O) groups excluding carboxylic acids is 2. The molecule has 3 heterocycles. The molecule has 2 atom stereocenters. The smallest absolute Gasteiger partial charge is 0.361 e. The molecule has 3 aromatic rings. The molecule has 12 heteroatoms. The molecule has 0 spiro atoms. The zero-order valence-corrected chi connectivity index (χ0v) is 18.6. The van der Waals surface area contributed by atoms with Crippen molar-refractivity contribution in [2.75, 3.05) is 11.9 Å². The summed E-state index contributed by atoms with van der Waals surface area (Å²) in [6.07, 6.45) is -2.04. The summed E-state index contributed by atoms with van der Waals surface area (Å²) in [6.45, 7) is 1.87. The molecule has 1 unspecified atom stereocenters. The van der Waals surface area contributed by atoms with Crippen LogP contribution >= 0.6 is 23.4 Å². The highest BCUT2D eigenvalue weighted by atomic mass is 35.5. The Balaban J connectivity index is 1.35. The van der Waals surface area contributed by atoms with Crippen molar-refractivity contribution in [1.82, 2.24) is 15.3 Å². The van der Waals surface area contributed by atoms with E-state index in [0.29, 0.717) is 16.7 Å². The standard InChI is InChI=1S/C21H17ClF3N5O2S/c1-10(29-18(31)12-2-3-15-11(6-12)4-5-26-15)20-28-9-16(33-20)19(32)30-17-7-13(21(23,24)25)14(22)8-27-17/h2-8,10,16,26H,9H2,1H3,(H,29,31)(H,27,30,32)/t10-,16?/m1/s1. The lowest BCUT2D eigenvalue weighted by Crippen LogP contribution is -2.37. The third-order valence-electron chi connectivity index (χ3n) is 4.91. The summed E-state index contributed by atoms with van der Waals surface area (Å²) < 4.78 is 39.0. The first-order chi connectivity index (χ1) is 15.6. The van der Waals surface area contributed by atoms with Gasteiger partial charge in [0.15, 0.2) is 0 Å². The molecular weight excluding hydrogens is 479 g/mol. The first kappa shape index (κ1) is 23.1. The van der Waals surface area contributed by atoms with Crippen LogP contribution in [0.25, 0.3) is 10.9 Å². The molecule has 7 nitrogen and oxygen atoms in total. The molecule has 1 aromatic carbocycles. The van der Waals surface area contributed by atoms with Crippen LogP contribution in [0.2, 0.25) is 5.02 Å². The van der Waals surface area contributed by atoms with E-state index in [-0.39, 0.29) is 18.3 Å². The molecule has 0 bridgehead atoms. The van der Waals surface area contributed by atoms with Crippen LogP contribution in [-0.4, -0.2) is 44.7 Å². The number of hydrogen-bond donors (Lipinski definition) is 3. The van der Waals surface area contributed by atoms with Gasteiger partial charge in [0, 0.05) is 28.9 Å². The molecule has 0 fully saturated rings. The van der Waals surface area contributed by atoms with Crippen LogP contribution in [0.1, 0.15) is 22.8 Å². The van der Waals surface area contributed by atoms with Gasteiger partial charge in [-0.1, -0.05) is 23.4 Å². The molecule has 1 aliphatic rings. The monoisotopic (exact) mass is 495 g/mol. The highest BCUT2D eigenvalue weighted by Crippen LogP contribution is 2.35.